The van der Waals surface area contributed by atoms with Gasteiger partial charge < -0.3 is 10.2 Å². The molecule has 0 saturated carbocycles. The Hall–Kier alpha value is -2.91. The molecular formula is C22H23ClN6O2S. The molecule has 2 amide bonds. The van der Waals surface area contributed by atoms with E-state index in [-0.39, 0.29) is 17.7 Å². The first-order valence-corrected chi connectivity index (χ1v) is 11.5. The number of nitrogens with zero attached hydrogens (tertiary/aromatic N) is 5. The summed E-state index contributed by atoms with van der Waals surface area (Å²) in [5.74, 6) is -0.360. The zero-order valence-corrected chi connectivity index (χ0v) is 19.1. The van der Waals surface area contributed by atoms with Crippen molar-refractivity contribution in [3.8, 4) is 0 Å². The first-order valence-electron chi connectivity index (χ1n) is 10.3. The number of amides is 2. The predicted octanol–water partition coefficient (Wildman–Crippen LogP) is 3.43. The third-order valence-electron chi connectivity index (χ3n) is 5.33. The van der Waals surface area contributed by atoms with E-state index in [1.165, 1.54) is 11.8 Å². The van der Waals surface area contributed by atoms with E-state index in [1.807, 2.05) is 36.4 Å². The number of carbonyl (C=O) groups excluding carboxylic acids is 2. The van der Waals surface area contributed by atoms with Crippen molar-refractivity contribution in [2.75, 3.05) is 18.4 Å². The number of likely N-dealkylation sites (tertiary alicyclic amines) is 1. The van der Waals surface area contributed by atoms with E-state index >= 15 is 0 Å². The molecule has 1 saturated heterocycles. The fraction of sp³-hybridized carbons (Fsp3) is 0.318. The van der Waals surface area contributed by atoms with Gasteiger partial charge in [-0.3, -0.25) is 9.59 Å². The van der Waals surface area contributed by atoms with Gasteiger partial charge in [-0.2, -0.15) is 0 Å². The predicted molar refractivity (Wildman–Crippen MR) is 122 cm³/mol. The molecule has 0 aliphatic carbocycles. The molecule has 0 bridgehead atoms. The number of rotatable bonds is 6. The fourth-order valence-corrected chi connectivity index (χ4v) is 4.60. The molecule has 3 aromatic rings. The molecule has 2 heterocycles. The number of nitrogens with one attached hydrogen (secondary N) is 1. The molecule has 1 N–H and O–H groups in total. The SMILES string of the molecule is Cn1nnnc1Sc1ccc(Cl)cc1NC(=O)[C@@H]1CCCN(C(=O)Cc2ccccc2)C1. The highest BCUT2D eigenvalue weighted by Crippen LogP contribution is 2.34. The van der Waals surface area contributed by atoms with E-state index < -0.39 is 0 Å². The van der Waals surface area contributed by atoms with Crippen molar-refractivity contribution in [3.05, 3.63) is 59.1 Å². The van der Waals surface area contributed by atoms with Crippen LogP contribution in [0.5, 0.6) is 0 Å². The number of carbonyl (C=O) groups is 2. The molecule has 1 aliphatic heterocycles. The van der Waals surface area contributed by atoms with Crippen molar-refractivity contribution in [1.82, 2.24) is 25.1 Å². The molecule has 0 radical (unpaired) electrons. The molecule has 0 unspecified atom stereocenters. The van der Waals surface area contributed by atoms with Crippen molar-refractivity contribution < 1.29 is 9.59 Å². The summed E-state index contributed by atoms with van der Waals surface area (Å²) in [5.41, 5.74) is 1.58. The van der Waals surface area contributed by atoms with Crippen LogP contribution in [0.25, 0.3) is 0 Å². The van der Waals surface area contributed by atoms with Crippen LogP contribution in [0.1, 0.15) is 18.4 Å². The zero-order valence-electron chi connectivity index (χ0n) is 17.6. The van der Waals surface area contributed by atoms with E-state index in [4.69, 9.17) is 11.6 Å². The quantitative estimate of drug-likeness (QED) is 0.593. The largest absolute Gasteiger partial charge is 0.342 e. The van der Waals surface area contributed by atoms with Gasteiger partial charge in [0.2, 0.25) is 17.0 Å². The van der Waals surface area contributed by atoms with E-state index in [2.05, 4.69) is 20.8 Å². The average molecular weight is 471 g/mol. The van der Waals surface area contributed by atoms with Gasteiger partial charge in [-0.1, -0.05) is 41.9 Å². The zero-order chi connectivity index (χ0) is 22.5. The van der Waals surface area contributed by atoms with Crippen LogP contribution in [0, 0.1) is 5.92 Å². The lowest BCUT2D eigenvalue weighted by atomic mass is 9.96. The summed E-state index contributed by atoms with van der Waals surface area (Å²) in [6, 6.07) is 15.0. The van der Waals surface area contributed by atoms with E-state index in [1.54, 1.807) is 28.8 Å². The molecule has 8 nitrogen and oxygen atoms in total. The summed E-state index contributed by atoms with van der Waals surface area (Å²) < 4.78 is 1.56. The second-order valence-electron chi connectivity index (χ2n) is 7.66. The van der Waals surface area contributed by atoms with Crippen LogP contribution in [0.2, 0.25) is 5.02 Å². The van der Waals surface area contributed by atoms with Crippen molar-refractivity contribution in [1.29, 1.82) is 0 Å². The van der Waals surface area contributed by atoms with Crippen LogP contribution >= 0.6 is 23.4 Å². The molecule has 10 heteroatoms. The van der Waals surface area contributed by atoms with Gasteiger partial charge in [-0.25, -0.2) is 4.68 Å². The number of aromatic nitrogens is 4. The molecular weight excluding hydrogens is 448 g/mol. The van der Waals surface area contributed by atoms with Gasteiger partial charge in [0.05, 0.1) is 18.0 Å². The standard InChI is InChI=1S/C22H23ClN6O2S/c1-28-22(25-26-27-28)32-19-10-9-17(23)13-18(19)24-21(31)16-8-5-11-29(14-16)20(30)12-15-6-3-2-4-7-15/h2-4,6-7,9-10,13,16H,5,8,11-12,14H2,1H3,(H,24,31)/t16-/m1/s1. The van der Waals surface area contributed by atoms with Crippen LogP contribution in [0.3, 0.4) is 0 Å². The average Bonchev–Trinajstić information content (AvgIpc) is 3.20. The maximum Gasteiger partial charge on any atom is 0.229 e. The van der Waals surface area contributed by atoms with Gasteiger partial charge in [-0.05, 0) is 58.8 Å². The Bertz CT molecular complexity index is 1110. The lowest BCUT2D eigenvalue weighted by Crippen LogP contribution is -2.44. The molecule has 166 valence electrons. The molecule has 4 rings (SSSR count). The van der Waals surface area contributed by atoms with Gasteiger partial charge in [0.25, 0.3) is 0 Å². The Balaban J connectivity index is 1.43. The first kappa shape index (κ1) is 22.3. The number of piperidine rings is 1. The minimum atomic E-state index is -0.281. The van der Waals surface area contributed by atoms with Crippen molar-refractivity contribution in [2.24, 2.45) is 13.0 Å². The fourth-order valence-electron chi connectivity index (χ4n) is 3.63. The molecule has 32 heavy (non-hydrogen) atoms. The molecule has 0 spiro atoms. The number of anilines is 1. The minimum Gasteiger partial charge on any atom is -0.342 e. The summed E-state index contributed by atoms with van der Waals surface area (Å²) in [7, 11) is 1.75. The second-order valence-corrected chi connectivity index (χ2v) is 9.10. The summed E-state index contributed by atoms with van der Waals surface area (Å²) in [5, 5.41) is 15.6. The van der Waals surface area contributed by atoms with Crippen molar-refractivity contribution in [3.63, 3.8) is 0 Å². The molecule has 1 fully saturated rings. The topological polar surface area (TPSA) is 93.0 Å². The molecule has 2 aromatic carbocycles. The van der Waals surface area contributed by atoms with Crippen LogP contribution in [-0.4, -0.2) is 50.0 Å². The second kappa shape index (κ2) is 10.1. The van der Waals surface area contributed by atoms with Crippen molar-refractivity contribution >= 4 is 40.9 Å². The highest BCUT2D eigenvalue weighted by Gasteiger charge is 2.29. The smallest absolute Gasteiger partial charge is 0.229 e. The van der Waals surface area contributed by atoms with Crippen LogP contribution in [0.15, 0.2) is 58.6 Å². The summed E-state index contributed by atoms with van der Waals surface area (Å²) in [6.07, 6.45) is 1.87. The number of hydrogen-bond donors (Lipinski definition) is 1. The normalized spacial score (nSPS) is 16.1. The molecule has 1 aliphatic rings. The maximum atomic E-state index is 13.1. The third-order valence-corrected chi connectivity index (χ3v) is 6.66. The summed E-state index contributed by atoms with van der Waals surface area (Å²) in [6.45, 7) is 1.08. The number of halogens is 1. The Morgan fingerprint density at radius 3 is 2.78 bits per heavy atom. The Morgan fingerprint density at radius 2 is 2.03 bits per heavy atom. The van der Waals surface area contributed by atoms with E-state index in [0.717, 1.165) is 23.3 Å². The summed E-state index contributed by atoms with van der Waals surface area (Å²) >= 11 is 7.52. The maximum absolute atomic E-state index is 13.1. The number of benzene rings is 2. The monoisotopic (exact) mass is 470 g/mol. The van der Waals surface area contributed by atoms with Gasteiger partial charge in [0, 0.05) is 30.1 Å². The minimum absolute atomic E-state index is 0.0440. The van der Waals surface area contributed by atoms with E-state index in [9.17, 15) is 9.59 Å². The molecule has 1 aromatic heterocycles. The number of aryl methyl sites for hydroxylation is 1. The molecule has 1 atom stereocenters. The highest BCUT2D eigenvalue weighted by molar-refractivity contribution is 7.99. The number of hydrogen-bond acceptors (Lipinski definition) is 6. The van der Waals surface area contributed by atoms with Crippen LogP contribution < -0.4 is 5.32 Å². The van der Waals surface area contributed by atoms with Gasteiger partial charge >= 0.3 is 0 Å². The third kappa shape index (κ3) is 5.46. The van der Waals surface area contributed by atoms with Gasteiger partial charge in [0.1, 0.15) is 0 Å². The lowest BCUT2D eigenvalue weighted by Gasteiger charge is -2.32. The van der Waals surface area contributed by atoms with Gasteiger partial charge in [0.15, 0.2) is 0 Å². The van der Waals surface area contributed by atoms with Crippen LogP contribution in [0.4, 0.5) is 5.69 Å². The van der Waals surface area contributed by atoms with E-state index in [0.29, 0.717) is 35.4 Å². The van der Waals surface area contributed by atoms with Gasteiger partial charge in [-0.15, -0.1) is 5.10 Å². The van der Waals surface area contributed by atoms with Crippen LogP contribution in [-0.2, 0) is 23.1 Å². The Kier molecular flexibility index (Phi) is 7.06. The highest BCUT2D eigenvalue weighted by atomic mass is 35.5. The lowest BCUT2D eigenvalue weighted by molar-refractivity contribution is -0.133. The Labute approximate surface area is 195 Å². The van der Waals surface area contributed by atoms with Crippen molar-refractivity contribution in [2.45, 2.75) is 29.3 Å². The first-order chi connectivity index (χ1) is 15.5. The number of tetrazole rings is 1. The summed E-state index contributed by atoms with van der Waals surface area (Å²) in [4.78, 5) is 28.4. The Morgan fingerprint density at radius 1 is 1.22 bits per heavy atom.